The van der Waals surface area contributed by atoms with Crippen LogP contribution in [0.4, 0.5) is 4.79 Å². The molecule has 1 aliphatic heterocycles. The Labute approximate surface area is 206 Å². The number of carboxylic acid groups (broad SMARTS) is 1. The monoisotopic (exact) mass is 478 g/mol. The van der Waals surface area contributed by atoms with Crippen molar-refractivity contribution in [3.63, 3.8) is 0 Å². The molecule has 0 bridgehead atoms. The summed E-state index contributed by atoms with van der Waals surface area (Å²) in [6, 6.07) is 15.3. The molecule has 2 N–H and O–H groups in total. The molecule has 2 aliphatic rings. The van der Waals surface area contributed by atoms with Crippen molar-refractivity contribution in [2.75, 3.05) is 13.2 Å². The van der Waals surface area contributed by atoms with Crippen molar-refractivity contribution < 1.29 is 24.2 Å². The van der Waals surface area contributed by atoms with Crippen LogP contribution in [0.2, 0.25) is 0 Å². The molecule has 0 radical (unpaired) electrons. The van der Waals surface area contributed by atoms with Gasteiger partial charge in [0.15, 0.2) is 0 Å². The Morgan fingerprint density at radius 3 is 2.29 bits per heavy atom. The van der Waals surface area contributed by atoms with Gasteiger partial charge in [-0.15, -0.1) is 0 Å². The van der Waals surface area contributed by atoms with Gasteiger partial charge >= 0.3 is 12.1 Å². The number of nitrogens with zero attached hydrogens (tertiary/aromatic N) is 1. The molecule has 7 nitrogen and oxygen atoms in total. The van der Waals surface area contributed by atoms with Gasteiger partial charge in [0.05, 0.1) is 0 Å². The maximum Gasteiger partial charge on any atom is 0.407 e. The topological polar surface area (TPSA) is 95.9 Å². The predicted octanol–water partition coefficient (Wildman–Crippen LogP) is 4.80. The molecule has 3 atom stereocenters. The number of nitrogens with one attached hydrogen (secondary N) is 1. The Bertz CT molecular complexity index is 1040. The third kappa shape index (κ3) is 5.50. The molecule has 1 heterocycles. The van der Waals surface area contributed by atoms with Gasteiger partial charge in [0, 0.05) is 24.9 Å². The van der Waals surface area contributed by atoms with Gasteiger partial charge in [-0.25, -0.2) is 4.79 Å². The lowest BCUT2D eigenvalue weighted by molar-refractivity contribution is -0.139. The Morgan fingerprint density at radius 2 is 1.69 bits per heavy atom. The molecule has 1 aliphatic carbocycles. The Kier molecular flexibility index (Phi) is 7.73. The summed E-state index contributed by atoms with van der Waals surface area (Å²) in [4.78, 5) is 39.2. The highest BCUT2D eigenvalue weighted by Gasteiger charge is 2.34. The predicted molar refractivity (Wildman–Crippen MR) is 133 cm³/mol. The van der Waals surface area contributed by atoms with Gasteiger partial charge in [-0.3, -0.25) is 9.59 Å². The number of rotatable bonds is 8. The third-order valence-corrected chi connectivity index (χ3v) is 7.42. The van der Waals surface area contributed by atoms with E-state index in [1.54, 1.807) is 4.90 Å². The van der Waals surface area contributed by atoms with Crippen molar-refractivity contribution in [1.29, 1.82) is 0 Å². The number of amides is 2. The molecule has 0 saturated carbocycles. The van der Waals surface area contributed by atoms with Crippen LogP contribution >= 0.6 is 0 Å². The number of ether oxygens (including phenoxy) is 1. The first kappa shape index (κ1) is 24.8. The summed E-state index contributed by atoms with van der Waals surface area (Å²) in [6.45, 7) is 4.88. The summed E-state index contributed by atoms with van der Waals surface area (Å²) in [5, 5.41) is 11.9. The van der Waals surface area contributed by atoms with Gasteiger partial charge in [0.25, 0.3) is 0 Å². The lowest BCUT2D eigenvalue weighted by atomic mass is 9.91. The molecule has 1 unspecified atom stereocenters. The quantitative estimate of drug-likeness (QED) is 0.568. The first-order valence-electron chi connectivity index (χ1n) is 12.5. The van der Waals surface area contributed by atoms with E-state index in [1.165, 1.54) is 0 Å². The van der Waals surface area contributed by atoms with Crippen LogP contribution in [0.5, 0.6) is 0 Å². The van der Waals surface area contributed by atoms with E-state index in [1.807, 2.05) is 43.3 Å². The number of fused-ring (bicyclic) bond motifs is 3. The first-order chi connectivity index (χ1) is 16.9. The number of alkyl carbamates (subject to hydrolysis) is 1. The smallest absolute Gasteiger partial charge is 0.407 e. The SMILES string of the molecule is CC[C@H]1CC[C@H](C)N(C(=O)C(CCC(=O)O)NC(=O)OCC2c3ccccc3-c3ccccc32)C1. The van der Waals surface area contributed by atoms with Crippen LogP contribution in [0.1, 0.15) is 63.0 Å². The minimum Gasteiger partial charge on any atom is -0.481 e. The molecule has 0 aromatic heterocycles. The van der Waals surface area contributed by atoms with Crippen molar-refractivity contribution in [1.82, 2.24) is 10.2 Å². The number of carboxylic acids is 1. The third-order valence-electron chi connectivity index (χ3n) is 7.42. The van der Waals surface area contributed by atoms with Crippen molar-refractivity contribution in [3.8, 4) is 11.1 Å². The number of carbonyl (C=O) groups is 3. The molecule has 2 aromatic carbocycles. The van der Waals surface area contributed by atoms with Gasteiger partial charge < -0.3 is 20.1 Å². The minimum atomic E-state index is -1.00. The maximum absolute atomic E-state index is 13.4. The number of piperidine rings is 1. The van der Waals surface area contributed by atoms with Gasteiger partial charge in [0.2, 0.25) is 5.91 Å². The molecule has 0 spiro atoms. The second-order valence-electron chi connectivity index (χ2n) is 9.65. The lowest BCUT2D eigenvalue weighted by Gasteiger charge is -2.39. The van der Waals surface area contributed by atoms with Crippen LogP contribution in [-0.2, 0) is 14.3 Å². The average molecular weight is 479 g/mol. The number of hydrogen-bond donors (Lipinski definition) is 2. The molecule has 2 aromatic rings. The maximum atomic E-state index is 13.4. The van der Waals surface area contributed by atoms with E-state index in [4.69, 9.17) is 4.74 Å². The zero-order valence-corrected chi connectivity index (χ0v) is 20.4. The van der Waals surface area contributed by atoms with Crippen LogP contribution in [0, 0.1) is 5.92 Å². The zero-order chi connectivity index (χ0) is 24.9. The fourth-order valence-corrected chi connectivity index (χ4v) is 5.33. The first-order valence-corrected chi connectivity index (χ1v) is 12.5. The molecule has 1 fully saturated rings. The number of likely N-dealkylation sites (tertiary alicyclic amines) is 1. The summed E-state index contributed by atoms with van der Waals surface area (Å²) in [5.74, 6) is -0.904. The van der Waals surface area contributed by atoms with Crippen LogP contribution in [0.3, 0.4) is 0 Å². The van der Waals surface area contributed by atoms with Crippen LogP contribution in [0.25, 0.3) is 11.1 Å². The standard InChI is InChI=1S/C28H34N2O5/c1-3-19-13-12-18(2)30(16-19)27(33)25(14-15-26(31)32)29-28(34)35-17-24-22-10-6-4-8-20(22)21-9-5-7-11-23(21)24/h4-11,18-19,24-25H,3,12-17H2,1-2H3,(H,29,34)(H,31,32)/t18-,19-,25?/m0/s1. The highest BCUT2D eigenvalue weighted by molar-refractivity contribution is 5.86. The molecule has 186 valence electrons. The molecular formula is C28H34N2O5. The molecular weight excluding hydrogens is 444 g/mol. The van der Waals surface area contributed by atoms with Crippen LogP contribution in [-0.4, -0.2) is 53.2 Å². The normalized spacial score (nSPS) is 20.0. The van der Waals surface area contributed by atoms with Gasteiger partial charge in [-0.2, -0.15) is 0 Å². The van der Waals surface area contributed by atoms with Gasteiger partial charge in [-0.1, -0.05) is 61.9 Å². The Morgan fingerprint density at radius 1 is 1.06 bits per heavy atom. The van der Waals surface area contributed by atoms with E-state index in [2.05, 4.69) is 24.4 Å². The second-order valence-corrected chi connectivity index (χ2v) is 9.65. The number of benzene rings is 2. The number of hydrogen-bond acceptors (Lipinski definition) is 4. The highest BCUT2D eigenvalue weighted by Crippen LogP contribution is 2.44. The second kappa shape index (κ2) is 10.9. The van der Waals surface area contributed by atoms with E-state index in [0.717, 1.165) is 41.5 Å². The van der Waals surface area contributed by atoms with Crippen molar-refractivity contribution in [2.24, 2.45) is 5.92 Å². The van der Waals surface area contributed by atoms with E-state index >= 15 is 0 Å². The van der Waals surface area contributed by atoms with E-state index < -0.39 is 18.1 Å². The van der Waals surface area contributed by atoms with Crippen molar-refractivity contribution in [3.05, 3.63) is 59.7 Å². The fourth-order valence-electron chi connectivity index (χ4n) is 5.33. The summed E-state index contributed by atoms with van der Waals surface area (Å²) < 4.78 is 5.62. The molecule has 7 heteroatoms. The summed E-state index contributed by atoms with van der Waals surface area (Å²) in [5.41, 5.74) is 4.48. The van der Waals surface area contributed by atoms with Gasteiger partial charge in [-0.05, 0) is 54.4 Å². The Hall–Kier alpha value is -3.35. The lowest BCUT2D eigenvalue weighted by Crippen LogP contribution is -2.54. The van der Waals surface area contributed by atoms with Crippen LogP contribution < -0.4 is 5.32 Å². The molecule has 1 saturated heterocycles. The zero-order valence-electron chi connectivity index (χ0n) is 20.4. The molecule has 35 heavy (non-hydrogen) atoms. The minimum absolute atomic E-state index is 0.0262. The number of carbonyl (C=O) groups excluding carboxylic acids is 2. The van der Waals surface area contributed by atoms with E-state index in [9.17, 15) is 19.5 Å². The number of aliphatic carboxylic acids is 1. The van der Waals surface area contributed by atoms with E-state index in [0.29, 0.717) is 12.5 Å². The van der Waals surface area contributed by atoms with Crippen LogP contribution in [0.15, 0.2) is 48.5 Å². The van der Waals surface area contributed by atoms with Gasteiger partial charge in [0.1, 0.15) is 12.6 Å². The summed E-state index contributed by atoms with van der Waals surface area (Å²) in [7, 11) is 0. The molecule has 2 amide bonds. The van der Waals surface area contributed by atoms with Crippen molar-refractivity contribution >= 4 is 18.0 Å². The largest absolute Gasteiger partial charge is 0.481 e. The average Bonchev–Trinajstić information content (AvgIpc) is 3.18. The molecule has 4 rings (SSSR count). The highest BCUT2D eigenvalue weighted by atomic mass is 16.5. The van der Waals surface area contributed by atoms with Crippen molar-refractivity contribution in [2.45, 2.75) is 64.0 Å². The van der Waals surface area contributed by atoms with E-state index in [-0.39, 0.29) is 37.3 Å². The fraction of sp³-hybridized carbons (Fsp3) is 0.464. The summed E-state index contributed by atoms with van der Waals surface area (Å²) in [6.07, 6.45) is 2.07. The summed E-state index contributed by atoms with van der Waals surface area (Å²) >= 11 is 0. The Balaban J connectivity index is 1.44.